The number of hydrogen-bond donors (Lipinski definition) is 1. The first-order valence-electron chi connectivity index (χ1n) is 6.45. The van der Waals surface area contributed by atoms with Crippen LogP contribution >= 0.6 is 0 Å². The van der Waals surface area contributed by atoms with Crippen molar-refractivity contribution in [3.05, 3.63) is 29.8 Å². The van der Waals surface area contributed by atoms with Crippen molar-refractivity contribution in [1.82, 2.24) is 4.90 Å². The molecule has 0 saturated heterocycles. The molecular formula is C15H21N3O. The van der Waals surface area contributed by atoms with Crippen molar-refractivity contribution in [3.8, 4) is 6.07 Å². The average molecular weight is 259 g/mol. The standard InChI is InChI=1S/C15H21N3O/c1-11(2)10-18(4)12(3)15(19)17-14-7-5-13(9-16)6-8-14/h5-8,11-12H,10H2,1-4H3,(H,17,19). The van der Waals surface area contributed by atoms with Gasteiger partial charge < -0.3 is 5.32 Å². The molecule has 0 radical (unpaired) electrons. The van der Waals surface area contributed by atoms with Crippen LogP contribution in [0.5, 0.6) is 0 Å². The Balaban J connectivity index is 2.60. The lowest BCUT2D eigenvalue weighted by Crippen LogP contribution is -2.41. The summed E-state index contributed by atoms with van der Waals surface area (Å²) in [5.74, 6) is 0.489. The van der Waals surface area contributed by atoms with E-state index in [1.807, 2.05) is 24.9 Å². The van der Waals surface area contributed by atoms with Crippen LogP contribution in [0.3, 0.4) is 0 Å². The molecule has 19 heavy (non-hydrogen) atoms. The van der Waals surface area contributed by atoms with Crippen LogP contribution in [0.1, 0.15) is 26.3 Å². The van der Waals surface area contributed by atoms with Gasteiger partial charge in [0, 0.05) is 12.2 Å². The number of carbonyl (C=O) groups is 1. The second-order valence-corrected chi connectivity index (χ2v) is 5.19. The Morgan fingerprint density at radius 3 is 2.37 bits per heavy atom. The van der Waals surface area contributed by atoms with Crippen molar-refractivity contribution in [1.29, 1.82) is 5.26 Å². The molecule has 4 heteroatoms. The minimum Gasteiger partial charge on any atom is -0.325 e. The zero-order valence-corrected chi connectivity index (χ0v) is 12.0. The SMILES string of the molecule is CC(C)CN(C)C(C)C(=O)Nc1ccc(C#N)cc1. The fourth-order valence-corrected chi connectivity index (χ4v) is 1.81. The highest BCUT2D eigenvalue weighted by Gasteiger charge is 2.18. The summed E-state index contributed by atoms with van der Waals surface area (Å²) in [7, 11) is 1.95. The Labute approximate surface area is 115 Å². The van der Waals surface area contributed by atoms with Crippen molar-refractivity contribution in [2.45, 2.75) is 26.8 Å². The van der Waals surface area contributed by atoms with Crippen LogP contribution in [-0.4, -0.2) is 30.4 Å². The summed E-state index contributed by atoms with van der Waals surface area (Å²) in [6, 6.07) is 8.74. The molecule has 1 N–H and O–H groups in total. The van der Waals surface area contributed by atoms with Crippen LogP contribution < -0.4 is 5.32 Å². The molecular weight excluding hydrogens is 238 g/mol. The highest BCUT2D eigenvalue weighted by Crippen LogP contribution is 2.10. The van der Waals surface area contributed by atoms with E-state index >= 15 is 0 Å². The fourth-order valence-electron chi connectivity index (χ4n) is 1.81. The number of carbonyl (C=O) groups excluding carboxylic acids is 1. The van der Waals surface area contributed by atoms with Crippen LogP contribution in [0.2, 0.25) is 0 Å². The second kappa shape index (κ2) is 6.91. The van der Waals surface area contributed by atoms with Gasteiger partial charge in [-0.15, -0.1) is 0 Å². The van der Waals surface area contributed by atoms with E-state index in [2.05, 4.69) is 19.2 Å². The largest absolute Gasteiger partial charge is 0.325 e. The third kappa shape index (κ3) is 4.72. The predicted octanol–water partition coefficient (Wildman–Crippen LogP) is 2.47. The first kappa shape index (κ1) is 15.2. The highest BCUT2D eigenvalue weighted by atomic mass is 16.2. The maximum atomic E-state index is 12.1. The lowest BCUT2D eigenvalue weighted by Gasteiger charge is -2.25. The van der Waals surface area contributed by atoms with E-state index in [9.17, 15) is 4.79 Å². The summed E-state index contributed by atoms with van der Waals surface area (Å²) in [4.78, 5) is 14.1. The van der Waals surface area contributed by atoms with Crippen LogP contribution in [0.15, 0.2) is 24.3 Å². The normalized spacial score (nSPS) is 12.3. The smallest absolute Gasteiger partial charge is 0.241 e. The van der Waals surface area contributed by atoms with E-state index in [0.717, 1.165) is 6.54 Å². The summed E-state index contributed by atoms with van der Waals surface area (Å²) >= 11 is 0. The molecule has 0 aliphatic carbocycles. The maximum Gasteiger partial charge on any atom is 0.241 e. The van der Waals surface area contributed by atoms with E-state index in [4.69, 9.17) is 5.26 Å². The average Bonchev–Trinajstić information content (AvgIpc) is 2.37. The number of benzene rings is 1. The molecule has 1 rings (SSSR count). The van der Waals surface area contributed by atoms with Crippen molar-refractivity contribution in [2.24, 2.45) is 5.92 Å². The minimum absolute atomic E-state index is 0.0344. The van der Waals surface area contributed by atoms with Crippen molar-refractivity contribution >= 4 is 11.6 Å². The number of nitrogens with one attached hydrogen (secondary N) is 1. The number of hydrogen-bond acceptors (Lipinski definition) is 3. The molecule has 1 aromatic carbocycles. The Morgan fingerprint density at radius 1 is 1.32 bits per heavy atom. The zero-order chi connectivity index (χ0) is 14.4. The Kier molecular flexibility index (Phi) is 5.53. The van der Waals surface area contributed by atoms with Gasteiger partial charge in [0.1, 0.15) is 0 Å². The number of anilines is 1. The monoisotopic (exact) mass is 259 g/mol. The number of rotatable bonds is 5. The van der Waals surface area contributed by atoms with Crippen molar-refractivity contribution in [3.63, 3.8) is 0 Å². The van der Waals surface area contributed by atoms with Crippen molar-refractivity contribution in [2.75, 3.05) is 18.9 Å². The zero-order valence-electron chi connectivity index (χ0n) is 12.0. The van der Waals surface area contributed by atoms with Gasteiger partial charge in [-0.1, -0.05) is 13.8 Å². The molecule has 1 unspecified atom stereocenters. The van der Waals surface area contributed by atoms with E-state index in [1.54, 1.807) is 24.3 Å². The van der Waals surface area contributed by atoms with E-state index in [-0.39, 0.29) is 11.9 Å². The van der Waals surface area contributed by atoms with Crippen molar-refractivity contribution < 1.29 is 4.79 Å². The molecule has 0 aromatic heterocycles. The fraction of sp³-hybridized carbons (Fsp3) is 0.467. The quantitative estimate of drug-likeness (QED) is 0.883. The van der Waals surface area contributed by atoms with Crippen LogP contribution in [-0.2, 0) is 4.79 Å². The van der Waals surface area contributed by atoms with E-state index in [1.165, 1.54) is 0 Å². The Morgan fingerprint density at radius 2 is 1.89 bits per heavy atom. The van der Waals surface area contributed by atoms with Crippen LogP contribution in [0, 0.1) is 17.2 Å². The van der Waals surface area contributed by atoms with Gasteiger partial charge in [0.25, 0.3) is 0 Å². The lowest BCUT2D eigenvalue weighted by atomic mass is 10.1. The molecule has 0 spiro atoms. The highest BCUT2D eigenvalue weighted by molar-refractivity contribution is 5.94. The molecule has 1 aromatic rings. The number of nitriles is 1. The van der Waals surface area contributed by atoms with Gasteiger partial charge in [-0.05, 0) is 44.2 Å². The maximum absolute atomic E-state index is 12.1. The molecule has 1 atom stereocenters. The summed E-state index contributed by atoms with van der Waals surface area (Å²) in [5.41, 5.74) is 1.30. The molecule has 0 bridgehead atoms. The minimum atomic E-state index is -0.182. The summed E-state index contributed by atoms with van der Waals surface area (Å²) < 4.78 is 0. The number of nitrogens with zero attached hydrogens (tertiary/aromatic N) is 2. The van der Waals surface area contributed by atoms with E-state index < -0.39 is 0 Å². The Bertz CT molecular complexity index is 459. The van der Waals surface area contributed by atoms with Crippen LogP contribution in [0.25, 0.3) is 0 Å². The molecule has 1 amide bonds. The summed E-state index contributed by atoms with van der Waals surface area (Å²) in [6.45, 7) is 7.02. The van der Waals surface area contributed by atoms with Gasteiger partial charge in [0.15, 0.2) is 0 Å². The van der Waals surface area contributed by atoms with E-state index in [0.29, 0.717) is 17.2 Å². The molecule has 0 saturated carbocycles. The third-order valence-corrected chi connectivity index (χ3v) is 2.98. The van der Waals surface area contributed by atoms with Gasteiger partial charge in [0.2, 0.25) is 5.91 Å². The Hall–Kier alpha value is -1.86. The summed E-state index contributed by atoms with van der Waals surface area (Å²) in [5, 5.41) is 11.6. The molecule has 0 heterocycles. The molecule has 0 aliphatic rings. The molecule has 4 nitrogen and oxygen atoms in total. The topological polar surface area (TPSA) is 56.1 Å². The first-order chi connectivity index (χ1) is 8.93. The van der Waals surface area contributed by atoms with Gasteiger partial charge in [0.05, 0.1) is 17.7 Å². The van der Waals surface area contributed by atoms with Crippen LogP contribution in [0.4, 0.5) is 5.69 Å². The lowest BCUT2D eigenvalue weighted by molar-refractivity contribution is -0.120. The second-order valence-electron chi connectivity index (χ2n) is 5.19. The summed E-state index contributed by atoms with van der Waals surface area (Å²) in [6.07, 6.45) is 0. The third-order valence-electron chi connectivity index (χ3n) is 2.98. The van der Waals surface area contributed by atoms with Gasteiger partial charge in [-0.2, -0.15) is 5.26 Å². The van der Waals surface area contributed by atoms with Gasteiger partial charge >= 0.3 is 0 Å². The number of amides is 1. The number of likely N-dealkylation sites (N-methyl/N-ethyl adjacent to an activating group) is 1. The molecule has 0 aliphatic heterocycles. The van der Waals surface area contributed by atoms with Gasteiger partial charge in [-0.3, -0.25) is 9.69 Å². The first-order valence-corrected chi connectivity index (χ1v) is 6.45. The molecule has 102 valence electrons. The molecule has 0 fully saturated rings. The predicted molar refractivity (Wildman–Crippen MR) is 76.7 cm³/mol. The van der Waals surface area contributed by atoms with Gasteiger partial charge in [-0.25, -0.2) is 0 Å².